The van der Waals surface area contributed by atoms with Crippen molar-refractivity contribution in [3.05, 3.63) is 48.0 Å². The Kier molecular flexibility index (Phi) is 5.22. The fraction of sp³-hybridized carbons (Fsp3) is 0.474. The molecule has 1 N–H and O–H groups in total. The van der Waals surface area contributed by atoms with Gasteiger partial charge in [-0.1, -0.05) is 6.92 Å². The van der Waals surface area contributed by atoms with E-state index in [1.807, 2.05) is 13.0 Å². The topological polar surface area (TPSA) is 58.4 Å². The minimum Gasteiger partial charge on any atom is -0.373 e. The van der Waals surface area contributed by atoms with E-state index in [4.69, 9.17) is 0 Å². The molecular formula is C19H21F4N3O2. The Bertz CT molecular complexity index is 846. The summed E-state index contributed by atoms with van der Waals surface area (Å²) in [5.74, 6) is -1.91. The number of hydrogen-bond donors (Lipinski definition) is 1. The Hall–Kier alpha value is -2.42. The molecule has 2 heterocycles. The van der Waals surface area contributed by atoms with Crippen LogP contribution >= 0.6 is 0 Å². The predicted molar refractivity (Wildman–Crippen MR) is 93.3 cm³/mol. The van der Waals surface area contributed by atoms with E-state index >= 15 is 0 Å². The van der Waals surface area contributed by atoms with Crippen LogP contribution in [0.25, 0.3) is 5.69 Å². The Morgan fingerprint density at radius 2 is 1.86 bits per heavy atom. The molecule has 1 aromatic heterocycles. The Morgan fingerprint density at radius 1 is 1.21 bits per heavy atom. The molecule has 1 amide bonds. The van der Waals surface area contributed by atoms with Crippen molar-refractivity contribution >= 4 is 5.91 Å². The zero-order chi connectivity index (χ0) is 20.7. The number of carbonyl (C=O) groups excluding carboxylic acids is 1. The minimum absolute atomic E-state index is 0.0487. The zero-order valence-electron chi connectivity index (χ0n) is 15.4. The molecular weight excluding hydrogens is 378 g/mol. The molecule has 1 fully saturated rings. The SMILES string of the molecule is C[C@H]1CN(C(=O)C(C)(O)C(F)(F)F)CC[C@H]1c1ccnn1-c1ccc(F)cc1. The van der Waals surface area contributed by atoms with E-state index in [2.05, 4.69) is 5.10 Å². The first-order chi connectivity index (χ1) is 13.0. The minimum atomic E-state index is -5.04. The van der Waals surface area contributed by atoms with Gasteiger partial charge in [0, 0.05) is 30.9 Å². The standard InChI is InChI=1S/C19H21F4N3O2/c1-12-11-25(17(27)18(2,28)19(21,22)23)10-8-15(12)16-7-9-24-26(16)14-5-3-13(20)4-6-14/h3-7,9,12,15,28H,8,10-11H2,1-2H3/t12-,15+,18?/m0/s1. The first-order valence-corrected chi connectivity index (χ1v) is 8.90. The molecule has 152 valence electrons. The second-order valence-electron chi connectivity index (χ2n) is 7.34. The lowest BCUT2D eigenvalue weighted by atomic mass is 9.83. The van der Waals surface area contributed by atoms with Crippen molar-refractivity contribution in [1.82, 2.24) is 14.7 Å². The fourth-order valence-electron chi connectivity index (χ4n) is 3.59. The number of hydrogen-bond acceptors (Lipinski definition) is 3. The van der Waals surface area contributed by atoms with Crippen LogP contribution in [0.15, 0.2) is 36.5 Å². The highest BCUT2D eigenvalue weighted by Crippen LogP contribution is 2.37. The van der Waals surface area contributed by atoms with Crippen molar-refractivity contribution in [2.24, 2.45) is 5.92 Å². The molecule has 1 saturated heterocycles. The highest BCUT2D eigenvalue weighted by Gasteiger charge is 2.57. The lowest BCUT2D eigenvalue weighted by Gasteiger charge is -2.40. The number of benzene rings is 1. The summed E-state index contributed by atoms with van der Waals surface area (Å²) >= 11 is 0. The molecule has 9 heteroatoms. The van der Waals surface area contributed by atoms with Crippen LogP contribution in [0.1, 0.15) is 31.9 Å². The van der Waals surface area contributed by atoms with E-state index in [0.29, 0.717) is 19.0 Å². The third kappa shape index (κ3) is 3.63. The molecule has 0 bridgehead atoms. The van der Waals surface area contributed by atoms with Gasteiger partial charge in [0.2, 0.25) is 5.60 Å². The van der Waals surface area contributed by atoms with E-state index in [-0.39, 0.29) is 30.7 Å². The number of nitrogens with zero attached hydrogens (tertiary/aromatic N) is 3. The van der Waals surface area contributed by atoms with Crippen molar-refractivity contribution in [1.29, 1.82) is 0 Å². The van der Waals surface area contributed by atoms with E-state index < -0.39 is 17.7 Å². The number of amides is 1. The molecule has 1 aromatic carbocycles. The van der Waals surface area contributed by atoms with Crippen LogP contribution in [0.5, 0.6) is 0 Å². The van der Waals surface area contributed by atoms with E-state index in [1.54, 1.807) is 23.0 Å². The van der Waals surface area contributed by atoms with Gasteiger partial charge in [0.15, 0.2) is 0 Å². The largest absolute Gasteiger partial charge is 0.426 e. The van der Waals surface area contributed by atoms with Gasteiger partial charge in [-0.25, -0.2) is 9.07 Å². The molecule has 3 rings (SSSR count). The second kappa shape index (κ2) is 7.20. The van der Waals surface area contributed by atoms with Crippen LogP contribution in [0.4, 0.5) is 17.6 Å². The van der Waals surface area contributed by atoms with Crippen molar-refractivity contribution < 1.29 is 27.5 Å². The molecule has 5 nitrogen and oxygen atoms in total. The van der Waals surface area contributed by atoms with Gasteiger partial charge in [0.05, 0.1) is 5.69 Å². The average molecular weight is 399 g/mol. The highest BCUT2D eigenvalue weighted by molar-refractivity contribution is 5.85. The summed E-state index contributed by atoms with van der Waals surface area (Å²) in [5, 5.41) is 13.9. The molecule has 28 heavy (non-hydrogen) atoms. The summed E-state index contributed by atoms with van der Waals surface area (Å²) in [6.45, 7) is 2.50. The van der Waals surface area contributed by atoms with Crippen LogP contribution in [-0.4, -0.2) is 50.6 Å². The van der Waals surface area contributed by atoms with Crippen LogP contribution in [0.3, 0.4) is 0 Å². The molecule has 0 spiro atoms. The normalized spacial score (nSPS) is 22.8. The van der Waals surface area contributed by atoms with Gasteiger partial charge in [-0.2, -0.15) is 18.3 Å². The monoisotopic (exact) mass is 399 g/mol. The summed E-state index contributed by atoms with van der Waals surface area (Å²) in [7, 11) is 0. The van der Waals surface area contributed by atoms with Gasteiger partial charge >= 0.3 is 6.18 Å². The quantitative estimate of drug-likeness (QED) is 0.806. The number of halogens is 4. The molecule has 0 radical (unpaired) electrons. The number of likely N-dealkylation sites (tertiary alicyclic amines) is 1. The Labute approximate surface area is 159 Å². The summed E-state index contributed by atoms with van der Waals surface area (Å²) in [5.41, 5.74) is -1.89. The maximum atomic E-state index is 13.2. The first kappa shape index (κ1) is 20.3. The van der Waals surface area contributed by atoms with Crippen LogP contribution in [-0.2, 0) is 4.79 Å². The zero-order valence-corrected chi connectivity index (χ0v) is 15.4. The maximum Gasteiger partial charge on any atom is 0.426 e. The van der Waals surface area contributed by atoms with Crippen LogP contribution in [0.2, 0.25) is 0 Å². The number of rotatable bonds is 3. The third-order valence-corrected chi connectivity index (χ3v) is 5.28. The summed E-state index contributed by atoms with van der Waals surface area (Å²) in [4.78, 5) is 13.3. The molecule has 1 aliphatic heterocycles. The number of piperidine rings is 1. The predicted octanol–water partition coefficient (Wildman–Crippen LogP) is 3.28. The molecule has 0 saturated carbocycles. The van der Waals surface area contributed by atoms with Crippen LogP contribution in [0, 0.1) is 11.7 Å². The van der Waals surface area contributed by atoms with Crippen LogP contribution < -0.4 is 0 Å². The summed E-state index contributed by atoms with van der Waals surface area (Å²) in [6, 6.07) is 7.65. The van der Waals surface area contributed by atoms with Crippen molar-refractivity contribution in [2.45, 2.75) is 38.0 Å². The summed E-state index contributed by atoms with van der Waals surface area (Å²) in [6.07, 6.45) is -3.00. The van der Waals surface area contributed by atoms with Gasteiger partial charge in [0.1, 0.15) is 5.82 Å². The molecule has 2 aromatic rings. The number of carbonyl (C=O) groups is 1. The average Bonchev–Trinajstić information content (AvgIpc) is 3.10. The molecule has 0 aliphatic carbocycles. The highest BCUT2D eigenvalue weighted by atomic mass is 19.4. The third-order valence-electron chi connectivity index (χ3n) is 5.28. The van der Waals surface area contributed by atoms with E-state index in [0.717, 1.165) is 10.6 Å². The first-order valence-electron chi connectivity index (χ1n) is 8.90. The number of aliphatic hydroxyl groups is 1. The Morgan fingerprint density at radius 3 is 2.43 bits per heavy atom. The van der Waals surface area contributed by atoms with Gasteiger partial charge in [-0.3, -0.25) is 4.79 Å². The van der Waals surface area contributed by atoms with Gasteiger partial charge in [0.25, 0.3) is 5.91 Å². The lowest BCUT2D eigenvalue weighted by molar-refractivity contribution is -0.250. The second-order valence-corrected chi connectivity index (χ2v) is 7.34. The van der Waals surface area contributed by atoms with Crippen molar-refractivity contribution in [3.63, 3.8) is 0 Å². The molecule has 1 aliphatic rings. The van der Waals surface area contributed by atoms with Gasteiger partial charge in [-0.15, -0.1) is 0 Å². The van der Waals surface area contributed by atoms with Gasteiger partial charge < -0.3 is 10.0 Å². The lowest BCUT2D eigenvalue weighted by Crippen LogP contribution is -2.58. The van der Waals surface area contributed by atoms with Gasteiger partial charge in [-0.05, 0) is 49.6 Å². The maximum absolute atomic E-state index is 13.2. The number of aromatic nitrogens is 2. The van der Waals surface area contributed by atoms with E-state index in [1.165, 1.54) is 12.1 Å². The number of alkyl halides is 3. The smallest absolute Gasteiger partial charge is 0.373 e. The van der Waals surface area contributed by atoms with Crippen molar-refractivity contribution in [3.8, 4) is 5.69 Å². The fourth-order valence-corrected chi connectivity index (χ4v) is 3.59. The molecule has 3 atom stereocenters. The van der Waals surface area contributed by atoms with E-state index in [9.17, 15) is 27.5 Å². The Balaban J connectivity index is 1.78. The summed E-state index contributed by atoms with van der Waals surface area (Å²) < 4.78 is 53.8. The molecule has 1 unspecified atom stereocenters. The van der Waals surface area contributed by atoms with Crippen molar-refractivity contribution in [2.75, 3.05) is 13.1 Å².